The number of hydrogen-bond acceptors (Lipinski definition) is 3. The van der Waals surface area contributed by atoms with Crippen molar-refractivity contribution in [1.29, 1.82) is 0 Å². The van der Waals surface area contributed by atoms with E-state index in [0.29, 0.717) is 0 Å². The van der Waals surface area contributed by atoms with Gasteiger partial charge >= 0.3 is 0 Å². The molecular formula is C16H26N2O. The molecule has 1 N–H and O–H groups in total. The summed E-state index contributed by atoms with van der Waals surface area (Å²) in [6.45, 7) is 5.50. The number of rotatable bonds is 7. The highest BCUT2D eigenvalue weighted by Crippen LogP contribution is 2.13. The summed E-state index contributed by atoms with van der Waals surface area (Å²) in [5.74, 6) is 1.80. The lowest BCUT2D eigenvalue weighted by molar-refractivity contribution is 0.205. The molecule has 1 fully saturated rings. The number of nitrogens with one attached hydrogen (secondary N) is 1. The first-order chi connectivity index (χ1) is 9.34. The molecule has 1 atom stereocenters. The molecule has 1 saturated heterocycles. The molecule has 0 aromatic heterocycles. The maximum Gasteiger partial charge on any atom is 0.119 e. The van der Waals surface area contributed by atoms with Gasteiger partial charge < -0.3 is 15.0 Å². The van der Waals surface area contributed by atoms with Gasteiger partial charge in [0.1, 0.15) is 5.75 Å². The van der Waals surface area contributed by atoms with Crippen LogP contribution in [-0.2, 0) is 0 Å². The van der Waals surface area contributed by atoms with Crippen molar-refractivity contribution in [2.75, 3.05) is 39.8 Å². The normalized spacial score (nSPS) is 20.4. The van der Waals surface area contributed by atoms with E-state index in [0.717, 1.165) is 37.8 Å². The van der Waals surface area contributed by atoms with Gasteiger partial charge in [-0.05, 0) is 64.0 Å². The fourth-order valence-corrected chi connectivity index (χ4v) is 2.65. The minimum absolute atomic E-state index is 0.793. The second-order valence-corrected chi connectivity index (χ2v) is 5.49. The SMILES string of the molecule is CN1CCCC(CNCCCOc2ccccc2)C1. The third kappa shape index (κ3) is 5.62. The summed E-state index contributed by atoms with van der Waals surface area (Å²) in [6, 6.07) is 10.0. The molecule has 0 aliphatic carbocycles. The first-order valence-electron chi connectivity index (χ1n) is 7.42. The van der Waals surface area contributed by atoms with E-state index in [9.17, 15) is 0 Å². The van der Waals surface area contributed by atoms with E-state index in [4.69, 9.17) is 4.74 Å². The van der Waals surface area contributed by atoms with Crippen molar-refractivity contribution in [3.63, 3.8) is 0 Å². The van der Waals surface area contributed by atoms with Crippen LogP contribution in [0.5, 0.6) is 5.75 Å². The molecule has 1 aromatic rings. The third-order valence-electron chi connectivity index (χ3n) is 3.66. The Hall–Kier alpha value is -1.06. The summed E-state index contributed by atoms with van der Waals surface area (Å²) < 4.78 is 5.67. The van der Waals surface area contributed by atoms with Gasteiger partial charge in [0.05, 0.1) is 6.61 Å². The summed E-state index contributed by atoms with van der Waals surface area (Å²) in [5, 5.41) is 3.56. The molecule has 19 heavy (non-hydrogen) atoms. The zero-order valence-electron chi connectivity index (χ0n) is 12.0. The van der Waals surface area contributed by atoms with Crippen molar-refractivity contribution in [2.45, 2.75) is 19.3 Å². The van der Waals surface area contributed by atoms with Crippen LogP contribution >= 0.6 is 0 Å². The predicted octanol–water partition coefficient (Wildman–Crippen LogP) is 2.39. The van der Waals surface area contributed by atoms with Gasteiger partial charge in [-0.3, -0.25) is 0 Å². The van der Waals surface area contributed by atoms with Gasteiger partial charge in [-0.25, -0.2) is 0 Å². The fraction of sp³-hybridized carbons (Fsp3) is 0.625. The Morgan fingerprint density at radius 2 is 2.16 bits per heavy atom. The van der Waals surface area contributed by atoms with Crippen LogP contribution in [0.15, 0.2) is 30.3 Å². The van der Waals surface area contributed by atoms with E-state index in [2.05, 4.69) is 17.3 Å². The zero-order chi connectivity index (χ0) is 13.3. The van der Waals surface area contributed by atoms with Gasteiger partial charge in [-0.2, -0.15) is 0 Å². The van der Waals surface area contributed by atoms with Crippen LogP contribution in [0.3, 0.4) is 0 Å². The number of hydrogen-bond donors (Lipinski definition) is 1. The number of benzene rings is 1. The van der Waals surface area contributed by atoms with Gasteiger partial charge in [0.15, 0.2) is 0 Å². The van der Waals surface area contributed by atoms with E-state index >= 15 is 0 Å². The second kappa shape index (κ2) is 8.18. The second-order valence-electron chi connectivity index (χ2n) is 5.49. The van der Waals surface area contributed by atoms with Crippen molar-refractivity contribution < 1.29 is 4.74 Å². The van der Waals surface area contributed by atoms with Crippen LogP contribution in [0.25, 0.3) is 0 Å². The van der Waals surface area contributed by atoms with Gasteiger partial charge in [0, 0.05) is 6.54 Å². The average molecular weight is 262 g/mol. The van der Waals surface area contributed by atoms with Crippen molar-refractivity contribution in [3.8, 4) is 5.75 Å². The zero-order valence-corrected chi connectivity index (χ0v) is 12.0. The largest absolute Gasteiger partial charge is 0.494 e. The molecule has 3 nitrogen and oxygen atoms in total. The molecule has 1 unspecified atom stereocenters. The Morgan fingerprint density at radius 3 is 2.95 bits per heavy atom. The van der Waals surface area contributed by atoms with Gasteiger partial charge in [-0.15, -0.1) is 0 Å². The Balaban J connectivity index is 1.48. The summed E-state index contributed by atoms with van der Waals surface area (Å²) >= 11 is 0. The lowest BCUT2D eigenvalue weighted by atomic mass is 9.98. The fourth-order valence-electron chi connectivity index (χ4n) is 2.65. The number of likely N-dealkylation sites (tertiary alicyclic amines) is 1. The number of piperidine rings is 1. The summed E-state index contributed by atoms with van der Waals surface area (Å²) in [6.07, 6.45) is 3.79. The Bertz CT molecular complexity index is 342. The van der Waals surface area contributed by atoms with Crippen molar-refractivity contribution in [2.24, 2.45) is 5.92 Å². The lowest BCUT2D eigenvalue weighted by Gasteiger charge is -2.29. The maximum atomic E-state index is 5.67. The first-order valence-corrected chi connectivity index (χ1v) is 7.42. The third-order valence-corrected chi connectivity index (χ3v) is 3.66. The standard InChI is InChI=1S/C16H26N2O/c1-18-11-5-7-15(14-18)13-17-10-6-12-19-16-8-3-2-4-9-16/h2-4,8-9,15,17H,5-7,10-14H2,1H3. The molecule has 2 rings (SSSR count). The van der Waals surface area contributed by atoms with E-state index in [1.807, 2.05) is 30.3 Å². The van der Waals surface area contributed by atoms with Crippen molar-refractivity contribution in [1.82, 2.24) is 10.2 Å². The van der Waals surface area contributed by atoms with Crippen LogP contribution in [0.4, 0.5) is 0 Å². The summed E-state index contributed by atoms with van der Waals surface area (Å²) in [7, 11) is 2.22. The van der Waals surface area contributed by atoms with Crippen LogP contribution < -0.4 is 10.1 Å². The molecule has 1 aliphatic heterocycles. The minimum atomic E-state index is 0.793. The highest BCUT2D eigenvalue weighted by molar-refractivity contribution is 5.20. The number of para-hydroxylation sites is 1. The lowest BCUT2D eigenvalue weighted by Crippen LogP contribution is -2.37. The molecule has 106 valence electrons. The Labute approximate surface area is 116 Å². The van der Waals surface area contributed by atoms with E-state index < -0.39 is 0 Å². The van der Waals surface area contributed by atoms with Crippen LogP contribution in [0.2, 0.25) is 0 Å². The smallest absolute Gasteiger partial charge is 0.119 e. The molecule has 1 aliphatic rings. The van der Waals surface area contributed by atoms with Gasteiger partial charge in [-0.1, -0.05) is 18.2 Å². The highest BCUT2D eigenvalue weighted by Gasteiger charge is 2.16. The van der Waals surface area contributed by atoms with Crippen molar-refractivity contribution in [3.05, 3.63) is 30.3 Å². The molecule has 0 spiro atoms. The Morgan fingerprint density at radius 1 is 1.32 bits per heavy atom. The average Bonchev–Trinajstić information content (AvgIpc) is 2.44. The van der Waals surface area contributed by atoms with E-state index in [-0.39, 0.29) is 0 Å². The molecule has 0 radical (unpaired) electrons. The monoisotopic (exact) mass is 262 g/mol. The van der Waals surface area contributed by atoms with Crippen LogP contribution in [0, 0.1) is 5.92 Å². The Kier molecular flexibility index (Phi) is 6.18. The maximum absolute atomic E-state index is 5.67. The van der Waals surface area contributed by atoms with Crippen LogP contribution in [-0.4, -0.2) is 44.7 Å². The predicted molar refractivity (Wildman–Crippen MR) is 79.6 cm³/mol. The number of nitrogens with zero attached hydrogens (tertiary/aromatic N) is 1. The quantitative estimate of drug-likeness (QED) is 0.764. The number of ether oxygens (including phenoxy) is 1. The van der Waals surface area contributed by atoms with Crippen molar-refractivity contribution >= 4 is 0 Å². The topological polar surface area (TPSA) is 24.5 Å². The van der Waals surface area contributed by atoms with Gasteiger partial charge in [0.25, 0.3) is 0 Å². The molecule has 0 saturated carbocycles. The molecular weight excluding hydrogens is 236 g/mol. The summed E-state index contributed by atoms with van der Waals surface area (Å²) in [4.78, 5) is 2.44. The van der Waals surface area contributed by atoms with Crippen LogP contribution in [0.1, 0.15) is 19.3 Å². The molecule has 1 heterocycles. The molecule has 1 aromatic carbocycles. The minimum Gasteiger partial charge on any atom is -0.494 e. The van der Waals surface area contributed by atoms with Gasteiger partial charge in [0.2, 0.25) is 0 Å². The van der Waals surface area contributed by atoms with E-state index in [1.165, 1.54) is 25.9 Å². The highest BCUT2D eigenvalue weighted by atomic mass is 16.5. The molecule has 0 amide bonds. The molecule has 0 bridgehead atoms. The summed E-state index contributed by atoms with van der Waals surface area (Å²) in [5.41, 5.74) is 0. The first kappa shape index (κ1) is 14.4. The van der Waals surface area contributed by atoms with E-state index in [1.54, 1.807) is 0 Å². The molecule has 3 heteroatoms.